The molecule has 0 bridgehead atoms. The summed E-state index contributed by atoms with van der Waals surface area (Å²) in [7, 11) is 0. The molecule has 31 heavy (non-hydrogen) atoms. The van der Waals surface area contributed by atoms with Gasteiger partial charge in [0.25, 0.3) is 0 Å². The minimum Gasteiger partial charge on any atom is -0.316 e. The average Bonchev–Trinajstić information content (AvgIpc) is 3.31. The van der Waals surface area contributed by atoms with Gasteiger partial charge < -0.3 is 10.6 Å². The Hall–Kier alpha value is -2.68. The van der Waals surface area contributed by atoms with Crippen LogP contribution >= 0.6 is 39.7 Å². The predicted molar refractivity (Wildman–Crippen MR) is 133 cm³/mol. The molecule has 0 saturated carbocycles. The van der Waals surface area contributed by atoms with Crippen molar-refractivity contribution in [3.8, 4) is 0 Å². The molecule has 2 aromatic heterocycles. The molecule has 0 saturated heterocycles. The minimum atomic E-state index is 0.415. The molecule has 0 aliphatic carbocycles. The lowest BCUT2D eigenvalue weighted by Crippen LogP contribution is -2.20. The molecule has 2 N–H and O–H groups in total. The van der Waals surface area contributed by atoms with E-state index in [9.17, 15) is 0 Å². The van der Waals surface area contributed by atoms with Crippen LogP contribution in [0.3, 0.4) is 0 Å². The quantitative estimate of drug-likeness (QED) is 0.322. The van der Waals surface area contributed by atoms with E-state index < -0.39 is 0 Å². The van der Waals surface area contributed by atoms with Gasteiger partial charge in [-0.3, -0.25) is 9.36 Å². The zero-order valence-corrected chi connectivity index (χ0v) is 19.9. The lowest BCUT2D eigenvalue weighted by Gasteiger charge is -2.07. The number of nitrogens with zero attached hydrogens (tertiary/aromatic N) is 4. The summed E-state index contributed by atoms with van der Waals surface area (Å²) in [4.78, 5) is 0. The van der Waals surface area contributed by atoms with Gasteiger partial charge in [-0.2, -0.15) is 10.2 Å². The van der Waals surface area contributed by atoms with Gasteiger partial charge in [0.1, 0.15) is 0 Å². The molecule has 0 spiro atoms. The third kappa shape index (κ3) is 5.94. The third-order valence-corrected chi connectivity index (χ3v) is 5.59. The number of aromatic nitrogens is 4. The van der Waals surface area contributed by atoms with Crippen LogP contribution in [-0.2, 0) is 13.1 Å². The summed E-state index contributed by atoms with van der Waals surface area (Å²) in [5.74, 6) is 1.30. The van der Waals surface area contributed by atoms with Gasteiger partial charge in [0.2, 0.25) is 0 Å². The smallest absolute Gasteiger partial charge is 0.177 e. The van der Waals surface area contributed by atoms with Crippen LogP contribution in [0.25, 0.3) is 0 Å². The molecule has 4 rings (SSSR count). The third-order valence-electron chi connectivity index (χ3n) is 4.55. The van der Waals surface area contributed by atoms with Crippen LogP contribution in [0.1, 0.15) is 16.7 Å². The van der Waals surface area contributed by atoms with Crippen molar-refractivity contribution in [2.45, 2.75) is 20.0 Å². The van der Waals surface area contributed by atoms with Gasteiger partial charge in [0.05, 0.1) is 17.6 Å². The lowest BCUT2D eigenvalue weighted by atomic mass is 10.1. The molecule has 0 aliphatic heterocycles. The largest absolute Gasteiger partial charge is 0.316 e. The number of halogens is 2. The molecule has 0 fully saturated rings. The Bertz CT molecular complexity index is 1180. The molecule has 158 valence electrons. The lowest BCUT2D eigenvalue weighted by molar-refractivity contribution is 0.689. The van der Waals surface area contributed by atoms with E-state index in [-0.39, 0.29) is 0 Å². The van der Waals surface area contributed by atoms with Gasteiger partial charge >= 0.3 is 0 Å². The molecule has 6 nitrogen and oxygen atoms in total. The molecule has 2 heterocycles. The predicted octanol–water partition coefficient (Wildman–Crippen LogP) is 5.71. The summed E-state index contributed by atoms with van der Waals surface area (Å²) in [6.45, 7) is 3.40. The van der Waals surface area contributed by atoms with E-state index in [0.717, 1.165) is 15.1 Å². The van der Waals surface area contributed by atoms with Crippen molar-refractivity contribution in [3.63, 3.8) is 0 Å². The summed E-state index contributed by atoms with van der Waals surface area (Å²) >= 11 is 14.9. The van der Waals surface area contributed by atoms with Crippen molar-refractivity contribution in [2.75, 3.05) is 10.6 Å². The van der Waals surface area contributed by atoms with Crippen molar-refractivity contribution in [3.05, 3.63) is 93.2 Å². The Morgan fingerprint density at radius 2 is 1.58 bits per heavy atom. The molecular formula is C22H20BrClN6S. The van der Waals surface area contributed by atoms with Crippen LogP contribution in [0.5, 0.6) is 0 Å². The molecular weight excluding hydrogens is 496 g/mol. The van der Waals surface area contributed by atoms with E-state index in [4.69, 9.17) is 23.8 Å². The second-order valence-corrected chi connectivity index (χ2v) is 8.81. The van der Waals surface area contributed by atoms with Crippen molar-refractivity contribution in [1.82, 2.24) is 19.6 Å². The Morgan fingerprint density at radius 3 is 2.29 bits per heavy atom. The average molecular weight is 516 g/mol. The first-order valence-electron chi connectivity index (χ1n) is 9.59. The highest BCUT2D eigenvalue weighted by Gasteiger charge is 2.10. The summed E-state index contributed by atoms with van der Waals surface area (Å²) in [5.41, 5.74) is 3.53. The molecule has 0 aliphatic rings. The van der Waals surface area contributed by atoms with Gasteiger partial charge in [0.15, 0.2) is 16.7 Å². The number of hydrogen-bond donors (Lipinski definition) is 2. The Kier molecular flexibility index (Phi) is 6.70. The first kappa shape index (κ1) is 21.5. The molecule has 0 unspecified atom stereocenters. The fourth-order valence-electron chi connectivity index (χ4n) is 2.99. The highest BCUT2D eigenvalue weighted by molar-refractivity contribution is 9.10. The van der Waals surface area contributed by atoms with Crippen LogP contribution in [0.4, 0.5) is 11.6 Å². The Morgan fingerprint density at radius 1 is 0.935 bits per heavy atom. The Labute approximate surface area is 199 Å². The molecule has 0 atom stereocenters. The molecule has 9 heteroatoms. The van der Waals surface area contributed by atoms with E-state index in [2.05, 4.69) is 68.0 Å². The number of thiocarbonyl (C=S) groups is 1. The monoisotopic (exact) mass is 514 g/mol. The van der Waals surface area contributed by atoms with E-state index >= 15 is 0 Å². The van der Waals surface area contributed by atoms with E-state index in [1.807, 2.05) is 52.1 Å². The standard InChI is InChI=1S/C22H20BrClN6S/c1-15-2-4-16(5-3-15)13-30-14-19(23)21(28-30)26-22(31)25-20-10-11-29(27-20)12-17-6-8-18(24)9-7-17/h2-11,14H,12-13H2,1H3,(H2,25,26,27,28,31). The maximum Gasteiger partial charge on any atom is 0.177 e. The van der Waals surface area contributed by atoms with Crippen LogP contribution in [0, 0.1) is 6.92 Å². The number of anilines is 2. The van der Waals surface area contributed by atoms with E-state index in [1.54, 1.807) is 0 Å². The van der Waals surface area contributed by atoms with Crippen molar-refractivity contribution < 1.29 is 0 Å². The first-order chi connectivity index (χ1) is 14.9. The van der Waals surface area contributed by atoms with Crippen LogP contribution in [-0.4, -0.2) is 24.7 Å². The fourth-order valence-corrected chi connectivity index (χ4v) is 3.73. The molecule has 0 radical (unpaired) electrons. The van der Waals surface area contributed by atoms with Crippen molar-refractivity contribution in [1.29, 1.82) is 0 Å². The topological polar surface area (TPSA) is 59.7 Å². The molecule has 0 amide bonds. The Balaban J connectivity index is 1.34. The number of nitrogens with one attached hydrogen (secondary N) is 2. The highest BCUT2D eigenvalue weighted by atomic mass is 79.9. The maximum absolute atomic E-state index is 5.94. The van der Waals surface area contributed by atoms with Gasteiger partial charge in [0, 0.05) is 23.5 Å². The van der Waals surface area contributed by atoms with Gasteiger partial charge in [-0.25, -0.2) is 0 Å². The first-order valence-corrected chi connectivity index (χ1v) is 11.2. The summed E-state index contributed by atoms with van der Waals surface area (Å²) in [6, 6.07) is 18.0. The van der Waals surface area contributed by atoms with Crippen molar-refractivity contribution >= 4 is 56.5 Å². The highest BCUT2D eigenvalue weighted by Crippen LogP contribution is 2.21. The molecule has 4 aromatic rings. The van der Waals surface area contributed by atoms with Crippen LogP contribution in [0.2, 0.25) is 5.02 Å². The van der Waals surface area contributed by atoms with Gasteiger partial charge in [-0.05, 0) is 58.3 Å². The normalized spacial score (nSPS) is 10.8. The second kappa shape index (κ2) is 9.64. The SMILES string of the molecule is Cc1ccc(Cn2cc(Br)c(NC(=S)Nc3ccn(Cc4ccc(Cl)cc4)n3)n2)cc1. The van der Waals surface area contributed by atoms with Crippen molar-refractivity contribution in [2.24, 2.45) is 0 Å². The molecule has 2 aromatic carbocycles. The fraction of sp³-hybridized carbons (Fsp3) is 0.136. The van der Waals surface area contributed by atoms with Gasteiger partial charge in [-0.15, -0.1) is 0 Å². The minimum absolute atomic E-state index is 0.415. The van der Waals surface area contributed by atoms with E-state index in [1.165, 1.54) is 11.1 Å². The number of benzene rings is 2. The number of aryl methyl sites for hydroxylation is 1. The van der Waals surface area contributed by atoms with Crippen LogP contribution < -0.4 is 10.6 Å². The van der Waals surface area contributed by atoms with Crippen LogP contribution in [0.15, 0.2) is 71.5 Å². The summed E-state index contributed by atoms with van der Waals surface area (Å²) in [5, 5.41) is 16.4. The number of rotatable bonds is 6. The van der Waals surface area contributed by atoms with E-state index in [0.29, 0.717) is 29.8 Å². The number of hydrogen-bond acceptors (Lipinski definition) is 3. The zero-order chi connectivity index (χ0) is 21.8. The van der Waals surface area contributed by atoms with Gasteiger partial charge in [-0.1, -0.05) is 53.6 Å². The summed E-state index contributed by atoms with van der Waals surface area (Å²) < 4.78 is 4.53. The summed E-state index contributed by atoms with van der Waals surface area (Å²) in [6.07, 6.45) is 3.82. The zero-order valence-electron chi connectivity index (χ0n) is 16.7. The second-order valence-electron chi connectivity index (χ2n) is 7.11. The maximum atomic E-state index is 5.94.